The Hall–Kier alpha value is -3.87. The number of ether oxygens (including phenoxy) is 3. The van der Waals surface area contributed by atoms with Crippen LogP contribution in [-0.2, 0) is 4.79 Å². The zero-order valence-corrected chi connectivity index (χ0v) is 17.0. The SMILES string of the molecule is COc1ccc(/C=C/C(=O)NC(C)c2cccc(Oc3cncnc3)c2)c(OC)c1. The Balaban J connectivity index is 1.64. The summed E-state index contributed by atoms with van der Waals surface area (Å²) >= 11 is 0. The van der Waals surface area contributed by atoms with Gasteiger partial charge in [0.15, 0.2) is 5.75 Å². The lowest BCUT2D eigenvalue weighted by molar-refractivity contribution is -0.117. The third kappa shape index (κ3) is 5.57. The molecule has 1 heterocycles. The fraction of sp³-hybridized carbons (Fsp3) is 0.174. The predicted molar refractivity (Wildman–Crippen MR) is 114 cm³/mol. The standard InChI is InChI=1S/C23H23N3O4/c1-16(18-5-4-6-20(11-18)30-21-13-24-15-25-14-21)26-23(27)10-8-17-7-9-19(28-2)12-22(17)29-3/h4-16H,1-3H3,(H,26,27)/b10-8+. The molecule has 7 nitrogen and oxygen atoms in total. The quantitative estimate of drug-likeness (QED) is 0.566. The van der Waals surface area contributed by atoms with E-state index >= 15 is 0 Å². The number of carbonyl (C=O) groups excluding carboxylic acids is 1. The van der Waals surface area contributed by atoms with Crippen LogP contribution in [0.2, 0.25) is 0 Å². The van der Waals surface area contributed by atoms with E-state index in [1.165, 1.54) is 12.4 Å². The van der Waals surface area contributed by atoms with Crippen LogP contribution in [0.25, 0.3) is 6.08 Å². The third-order valence-corrected chi connectivity index (χ3v) is 4.34. The fourth-order valence-corrected chi connectivity index (χ4v) is 2.79. The number of benzene rings is 2. The summed E-state index contributed by atoms with van der Waals surface area (Å²) in [5, 5.41) is 2.95. The number of carbonyl (C=O) groups is 1. The number of nitrogens with one attached hydrogen (secondary N) is 1. The summed E-state index contributed by atoms with van der Waals surface area (Å²) in [5.74, 6) is 2.28. The van der Waals surface area contributed by atoms with Crippen LogP contribution in [-0.4, -0.2) is 30.1 Å². The monoisotopic (exact) mass is 405 g/mol. The minimum absolute atomic E-state index is 0.213. The van der Waals surface area contributed by atoms with Crippen molar-refractivity contribution in [3.05, 3.63) is 78.4 Å². The summed E-state index contributed by atoms with van der Waals surface area (Å²) in [6.07, 6.45) is 7.79. The molecule has 0 spiro atoms. The van der Waals surface area contributed by atoms with E-state index in [2.05, 4.69) is 15.3 Å². The minimum atomic E-state index is -0.219. The van der Waals surface area contributed by atoms with Crippen LogP contribution in [0, 0.1) is 0 Å². The molecule has 7 heteroatoms. The van der Waals surface area contributed by atoms with E-state index in [1.807, 2.05) is 43.3 Å². The van der Waals surface area contributed by atoms with Crippen LogP contribution in [0.3, 0.4) is 0 Å². The molecule has 0 fully saturated rings. The first-order chi connectivity index (χ1) is 14.6. The van der Waals surface area contributed by atoms with Crippen LogP contribution in [0.5, 0.6) is 23.0 Å². The van der Waals surface area contributed by atoms with E-state index in [0.717, 1.165) is 11.1 Å². The van der Waals surface area contributed by atoms with Gasteiger partial charge in [0.25, 0.3) is 0 Å². The van der Waals surface area contributed by atoms with Gasteiger partial charge in [-0.2, -0.15) is 0 Å². The molecule has 0 aliphatic carbocycles. The number of hydrogen-bond donors (Lipinski definition) is 1. The van der Waals surface area contributed by atoms with Gasteiger partial charge in [0.05, 0.1) is 32.7 Å². The Bertz CT molecular complexity index is 1020. The van der Waals surface area contributed by atoms with Crippen LogP contribution in [0.4, 0.5) is 0 Å². The highest BCUT2D eigenvalue weighted by atomic mass is 16.5. The van der Waals surface area contributed by atoms with Crippen molar-refractivity contribution >= 4 is 12.0 Å². The molecule has 3 aromatic rings. The third-order valence-electron chi connectivity index (χ3n) is 4.34. The van der Waals surface area contributed by atoms with Gasteiger partial charge in [0.2, 0.25) is 5.91 Å². The molecule has 0 radical (unpaired) electrons. The number of hydrogen-bond acceptors (Lipinski definition) is 6. The van der Waals surface area contributed by atoms with E-state index < -0.39 is 0 Å². The highest BCUT2D eigenvalue weighted by Gasteiger charge is 2.10. The van der Waals surface area contributed by atoms with Gasteiger partial charge in [-0.3, -0.25) is 4.79 Å². The maximum atomic E-state index is 12.4. The van der Waals surface area contributed by atoms with E-state index in [4.69, 9.17) is 14.2 Å². The van der Waals surface area contributed by atoms with E-state index in [-0.39, 0.29) is 11.9 Å². The molecule has 3 rings (SSSR count). The summed E-state index contributed by atoms with van der Waals surface area (Å²) in [6.45, 7) is 1.91. The Kier molecular flexibility index (Phi) is 7.00. The Morgan fingerprint density at radius 3 is 2.53 bits per heavy atom. The van der Waals surface area contributed by atoms with Crippen molar-refractivity contribution in [1.29, 1.82) is 0 Å². The molecule has 0 bridgehead atoms. The normalized spacial score (nSPS) is 11.7. The molecule has 154 valence electrons. The van der Waals surface area contributed by atoms with E-state index in [1.54, 1.807) is 38.8 Å². The number of aromatic nitrogens is 2. The summed E-state index contributed by atoms with van der Waals surface area (Å²) in [7, 11) is 3.16. The van der Waals surface area contributed by atoms with Gasteiger partial charge >= 0.3 is 0 Å². The molecular formula is C23H23N3O4. The van der Waals surface area contributed by atoms with Gasteiger partial charge in [0, 0.05) is 17.7 Å². The molecule has 1 atom stereocenters. The van der Waals surface area contributed by atoms with Crippen molar-refractivity contribution in [3.8, 4) is 23.0 Å². The highest BCUT2D eigenvalue weighted by Crippen LogP contribution is 2.26. The second kappa shape index (κ2) is 10.1. The van der Waals surface area contributed by atoms with Gasteiger partial charge in [-0.05, 0) is 42.8 Å². The molecule has 0 aliphatic rings. The Morgan fingerprint density at radius 2 is 1.80 bits per heavy atom. The lowest BCUT2D eigenvalue weighted by Gasteiger charge is -2.14. The maximum Gasteiger partial charge on any atom is 0.244 e. The number of methoxy groups -OCH3 is 2. The molecule has 1 aromatic heterocycles. The average molecular weight is 405 g/mol. The van der Waals surface area contributed by atoms with Crippen molar-refractivity contribution < 1.29 is 19.0 Å². The molecule has 0 saturated carbocycles. The van der Waals surface area contributed by atoms with Gasteiger partial charge in [-0.15, -0.1) is 0 Å². The first-order valence-electron chi connectivity index (χ1n) is 9.32. The second-order valence-electron chi connectivity index (χ2n) is 6.42. The van der Waals surface area contributed by atoms with Gasteiger partial charge in [0.1, 0.15) is 23.6 Å². The van der Waals surface area contributed by atoms with Gasteiger partial charge < -0.3 is 19.5 Å². The molecule has 2 aromatic carbocycles. The zero-order valence-electron chi connectivity index (χ0n) is 17.0. The smallest absolute Gasteiger partial charge is 0.244 e. The lowest BCUT2D eigenvalue weighted by Crippen LogP contribution is -2.24. The van der Waals surface area contributed by atoms with Gasteiger partial charge in [-0.1, -0.05) is 12.1 Å². The Labute approximate surface area is 175 Å². The number of nitrogens with zero attached hydrogens (tertiary/aromatic N) is 2. The molecule has 1 unspecified atom stereocenters. The molecule has 0 saturated heterocycles. The first-order valence-corrected chi connectivity index (χ1v) is 9.32. The first kappa shape index (κ1) is 20.9. The van der Waals surface area contributed by atoms with Crippen molar-refractivity contribution in [2.75, 3.05) is 14.2 Å². The van der Waals surface area contributed by atoms with Crippen molar-refractivity contribution in [2.24, 2.45) is 0 Å². The van der Waals surface area contributed by atoms with Gasteiger partial charge in [-0.25, -0.2) is 9.97 Å². The lowest BCUT2D eigenvalue weighted by atomic mass is 10.1. The van der Waals surface area contributed by atoms with E-state index in [0.29, 0.717) is 23.0 Å². The number of rotatable bonds is 8. The van der Waals surface area contributed by atoms with E-state index in [9.17, 15) is 4.79 Å². The minimum Gasteiger partial charge on any atom is -0.497 e. The van der Waals surface area contributed by atoms with Crippen LogP contribution >= 0.6 is 0 Å². The van der Waals surface area contributed by atoms with Crippen molar-refractivity contribution in [1.82, 2.24) is 15.3 Å². The van der Waals surface area contributed by atoms with Crippen LogP contribution in [0.15, 0.2) is 67.3 Å². The average Bonchev–Trinajstić information content (AvgIpc) is 2.78. The topological polar surface area (TPSA) is 82.6 Å². The van der Waals surface area contributed by atoms with Crippen LogP contribution < -0.4 is 19.5 Å². The summed E-state index contributed by atoms with van der Waals surface area (Å²) < 4.78 is 16.3. The molecule has 1 N–H and O–H groups in total. The summed E-state index contributed by atoms with van der Waals surface area (Å²) in [6, 6.07) is 12.7. The predicted octanol–water partition coefficient (Wildman–Crippen LogP) is 4.18. The fourth-order valence-electron chi connectivity index (χ4n) is 2.79. The highest BCUT2D eigenvalue weighted by molar-refractivity contribution is 5.92. The number of amides is 1. The van der Waals surface area contributed by atoms with Crippen LogP contribution in [0.1, 0.15) is 24.1 Å². The largest absolute Gasteiger partial charge is 0.497 e. The van der Waals surface area contributed by atoms with Crippen molar-refractivity contribution in [3.63, 3.8) is 0 Å². The molecule has 30 heavy (non-hydrogen) atoms. The molecule has 0 aliphatic heterocycles. The summed E-state index contributed by atoms with van der Waals surface area (Å²) in [5.41, 5.74) is 1.69. The zero-order chi connectivity index (χ0) is 21.3. The summed E-state index contributed by atoms with van der Waals surface area (Å²) in [4.78, 5) is 20.2. The maximum absolute atomic E-state index is 12.4. The molecule has 1 amide bonds. The Morgan fingerprint density at radius 1 is 1.00 bits per heavy atom. The molecular weight excluding hydrogens is 382 g/mol. The second-order valence-corrected chi connectivity index (χ2v) is 6.42. The van der Waals surface area contributed by atoms with Crippen molar-refractivity contribution in [2.45, 2.75) is 13.0 Å².